The Morgan fingerprint density at radius 2 is 2.05 bits per heavy atom. The van der Waals surface area contributed by atoms with Gasteiger partial charge in [-0.25, -0.2) is 0 Å². The fourth-order valence-electron chi connectivity index (χ4n) is 2.15. The lowest BCUT2D eigenvalue weighted by Crippen LogP contribution is -2.00. The van der Waals surface area contributed by atoms with Crippen LogP contribution in [0.25, 0.3) is 0 Å². The molecule has 1 fully saturated rings. The van der Waals surface area contributed by atoms with Gasteiger partial charge in [-0.15, -0.1) is 0 Å². The fraction of sp³-hybridized carbons (Fsp3) is 0.429. The van der Waals surface area contributed by atoms with Crippen molar-refractivity contribution >= 4 is 5.69 Å². The number of phenolic OH excluding ortho intramolecular Hbond substituents is 1. The van der Waals surface area contributed by atoms with Gasteiger partial charge in [0.2, 0.25) is 5.89 Å². The molecule has 0 amide bonds. The third-order valence-corrected chi connectivity index (χ3v) is 3.62. The Hall–Kier alpha value is -2.04. The van der Waals surface area contributed by atoms with E-state index < -0.39 is 0 Å². The van der Waals surface area contributed by atoms with Gasteiger partial charge in [0.25, 0.3) is 0 Å². The second-order valence-electron chi connectivity index (χ2n) is 5.69. The number of benzene rings is 1. The summed E-state index contributed by atoms with van der Waals surface area (Å²) in [4.78, 5) is 4.41. The summed E-state index contributed by atoms with van der Waals surface area (Å²) in [6.45, 7) is 4.91. The minimum absolute atomic E-state index is 0.251. The second-order valence-corrected chi connectivity index (χ2v) is 5.69. The molecular weight excluding hydrogens is 242 g/mol. The summed E-state index contributed by atoms with van der Waals surface area (Å²) in [6, 6.07) is 6.87. The van der Waals surface area contributed by atoms with Gasteiger partial charge in [0.1, 0.15) is 5.75 Å². The molecule has 5 nitrogen and oxygen atoms in total. The molecule has 0 radical (unpaired) electrons. The Labute approximate surface area is 111 Å². The average Bonchev–Trinajstić information content (AvgIpc) is 2.83. The third kappa shape index (κ3) is 2.54. The molecule has 1 aromatic carbocycles. The van der Waals surface area contributed by atoms with E-state index in [1.807, 2.05) is 0 Å². The molecule has 0 saturated heterocycles. The summed E-state index contributed by atoms with van der Waals surface area (Å²) in [5.41, 5.74) is 1.22. The van der Waals surface area contributed by atoms with Crippen molar-refractivity contribution in [1.29, 1.82) is 0 Å². The highest BCUT2D eigenvalue weighted by molar-refractivity contribution is 5.45. The lowest BCUT2D eigenvalue weighted by Gasteiger charge is -2.02. The minimum Gasteiger partial charge on any atom is -0.508 e. The van der Waals surface area contributed by atoms with Gasteiger partial charge in [0, 0.05) is 11.6 Å². The molecule has 0 bridgehead atoms. The molecule has 3 rings (SSSR count). The number of aromatic hydroxyl groups is 1. The van der Waals surface area contributed by atoms with Crippen LogP contribution < -0.4 is 5.32 Å². The topological polar surface area (TPSA) is 71.2 Å². The van der Waals surface area contributed by atoms with Crippen molar-refractivity contribution in [2.24, 2.45) is 5.41 Å². The smallest absolute Gasteiger partial charge is 0.245 e. The van der Waals surface area contributed by atoms with E-state index in [-0.39, 0.29) is 5.75 Å². The van der Waals surface area contributed by atoms with Crippen LogP contribution in [0.1, 0.15) is 37.9 Å². The SMILES string of the molecule is CC1(C)CC1c1noc(CNc2ccc(O)cc2)n1. The van der Waals surface area contributed by atoms with Crippen LogP contribution in [0, 0.1) is 5.41 Å². The normalized spacial score (nSPS) is 20.2. The zero-order valence-corrected chi connectivity index (χ0v) is 11.1. The molecule has 1 aliphatic rings. The number of rotatable bonds is 4. The van der Waals surface area contributed by atoms with Crippen LogP contribution in [0.2, 0.25) is 0 Å². The van der Waals surface area contributed by atoms with E-state index in [9.17, 15) is 5.11 Å². The van der Waals surface area contributed by atoms with Gasteiger partial charge in [-0.2, -0.15) is 4.98 Å². The first-order valence-electron chi connectivity index (χ1n) is 6.40. The van der Waals surface area contributed by atoms with Crippen molar-refractivity contribution in [2.75, 3.05) is 5.32 Å². The van der Waals surface area contributed by atoms with Gasteiger partial charge in [0.15, 0.2) is 5.82 Å². The molecule has 1 aromatic heterocycles. The maximum absolute atomic E-state index is 9.19. The Kier molecular flexibility index (Phi) is 2.69. The lowest BCUT2D eigenvalue weighted by atomic mass is 10.1. The van der Waals surface area contributed by atoms with E-state index in [0.717, 1.165) is 17.9 Å². The van der Waals surface area contributed by atoms with Crippen LogP contribution >= 0.6 is 0 Å². The Morgan fingerprint density at radius 3 is 2.68 bits per heavy atom. The average molecular weight is 259 g/mol. The van der Waals surface area contributed by atoms with E-state index in [4.69, 9.17) is 4.52 Å². The summed E-state index contributed by atoms with van der Waals surface area (Å²) in [6.07, 6.45) is 1.12. The van der Waals surface area contributed by atoms with Gasteiger partial charge in [-0.1, -0.05) is 19.0 Å². The molecule has 1 aliphatic carbocycles. The van der Waals surface area contributed by atoms with Crippen molar-refractivity contribution < 1.29 is 9.63 Å². The van der Waals surface area contributed by atoms with Crippen molar-refractivity contribution in [3.63, 3.8) is 0 Å². The molecule has 1 heterocycles. The summed E-state index contributed by atoms with van der Waals surface area (Å²) in [5.74, 6) is 2.08. The number of hydrogen-bond donors (Lipinski definition) is 2. The van der Waals surface area contributed by atoms with E-state index in [0.29, 0.717) is 23.8 Å². The van der Waals surface area contributed by atoms with Crippen LogP contribution in [0.4, 0.5) is 5.69 Å². The van der Waals surface area contributed by atoms with Crippen LogP contribution in [-0.2, 0) is 6.54 Å². The standard InChI is InChI=1S/C14H17N3O2/c1-14(2)7-11(14)13-16-12(19-17-13)8-15-9-3-5-10(18)6-4-9/h3-6,11,15,18H,7-8H2,1-2H3. The maximum Gasteiger partial charge on any atom is 0.245 e. The predicted octanol–water partition coefficient (Wildman–Crippen LogP) is 2.90. The van der Waals surface area contributed by atoms with Crippen molar-refractivity contribution in [3.05, 3.63) is 36.0 Å². The maximum atomic E-state index is 9.19. The van der Waals surface area contributed by atoms with Crippen LogP contribution in [0.3, 0.4) is 0 Å². The van der Waals surface area contributed by atoms with Crippen molar-refractivity contribution in [3.8, 4) is 5.75 Å². The van der Waals surface area contributed by atoms with Gasteiger partial charge < -0.3 is 14.9 Å². The second kappa shape index (κ2) is 4.26. The number of anilines is 1. The van der Waals surface area contributed by atoms with Gasteiger partial charge >= 0.3 is 0 Å². The highest BCUT2D eigenvalue weighted by atomic mass is 16.5. The number of hydrogen-bond acceptors (Lipinski definition) is 5. The van der Waals surface area contributed by atoms with E-state index in [2.05, 4.69) is 29.3 Å². The highest BCUT2D eigenvalue weighted by Crippen LogP contribution is 2.57. The Balaban J connectivity index is 1.60. The lowest BCUT2D eigenvalue weighted by molar-refractivity contribution is 0.376. The van der Waals surface area contributed by atoms with Crippen LogP contribution in [-0.4, -0.2) is 15.2 Å². The summed E-state index contributed by atoms with van der Waals surface area (Å²) < 4.78 is 5.23. The molecule has 19 heavy (non-hydrogen) atoms. The van der Waals surface area contributed by atoms with Gasteiger partial charge in [-0.3, -0.25) is 0 Å². The third-order valence-electron chi connectivity index (χ3n) is 3.62. The summed E-state index contributed by atoms with van der Waals surface area (Å²) in [5, 5.41) is 16.4. The first-order chi connectivity index (χ1) is 9.04. The Bertz CT molecular complexity index is 575. The molecule has 1 saturated carbocycles. The minimum atomic E-state index is 0.251. The molecule has 2 N–H and O–H groups in total. The number of nitrogens with zero attached hydrogens (tertiary/aromatic N) is 2. The highest BCUT2D eigenvalue weighted by Gasteiger charge is 2.49. The molecule has 5 heteroatoms. The fourth-order valence-corrected chi connectivity index (χ4v) is 2.15. The van der Waals surface area contributed by atoms with Gasteiger partial charge in [-0.05, 0) is 36.1 Å². The van der Waals surface area contributed by atoms with Crippen LogP contribution in [0.15, 0.2) is 28.8 Å². The first kappa shape index (κ1) is 12.0. The molecule has 2 aromatic rings. The quantitative estimate of drug-likeness (QED) is 0.826. The largest absolute Gasteiger partial charge is 0.508 e. The molecule has 1 atom stereocenters. The number of aromatic nitrogens is 2. The molecule has 1 unspecified atom stereocenters. The zero-order valence-electron chi connectivity index (χ0n) is 11.1. The molecule has 0 spiro atoms. The Morgan fingerprint density at radius 1 is 1.37 bits per heavy atom. The number of phenols is 1. The monoisotopic (exact) mass is 259 g/mol. The predicted molar refractivity (Wildman–Crippen MR) is 70.9 cm³/mol. The summed E-state index contributed by atoms with van der Waals surface area (Å²) in [7, 11) is 0. The summed E-state index contributed by atoms with van der Waals surface area (Å²) >= 11 is 0. The number of nitrogens with one attached hydrogen (secondary N) is 1. The van der Waals surface area contributed by atoms with E-state index >= 15 is 0 Å². The van der Waals surface area contributed by atoms with E-state index in [1.165, 1.54) is 0 Å². The first-order valence-corrected chi connectivity index (χ1v) is 6.40. The van der Waals surface area contributed by atoms with Crippen molar-refractivity contribution in [2.45, 2.75) is 32.7 Å². The molecule has 100 valence electrons. The van der Waals surface area contributed by atoms with Gasteiger partial charge in [0.05, 0.1) is 6.54 Å². The van der Waals surface area contributed by atoms with Crippen LogP contribution in [0.5, 0.6) is 5.75 Å². The molecular formula is C14H17N3O2. The van der Waals surface area contributed by atoms with Crippen molar-refractivity contribution in [1.82, 2.24) is 10.1 Å². The van der Waals surface area contributed by atoms with E-state index in [1.54, 1.807) is 24.3 Å². The zero-order chi connectivity index (χ0) is 13.5. The molecule has 0 aliphatic heterocycles.